The molecule has 0 aliphatic heterocycles. The Morgan fingerprint density at radius 1 is 1.61 bits per heavy atom. The predicted molar refractivity (Wildman–Crippen MR) is 63.1 cm³/mol. The van der Waals surface area contributed by atoms with Crippen LogP contribution >= 0.6 is 11.8 Å². The second-order valence-corrected chi connectivity index (χ2v) is 4.42. The number of carboxylic acid groups (broad SMARTS) is 1. The van der Waals surface area contributed by atoms with Gasteiger partial charge < -0.3 is 15.3 Å². The van der Waals surface area contributed by atoms with Gasteiger partial charge in [-0.25, -0.2) is 4.98 Å². The minimum Gasteiger partial charge on any atom is -0.481 e. The van der Waals surface area contributed by atoms with E-state index in [4.69, 9.17) is 15.3 Å². The molecule has 2 rings (SSSR count). The SMILES string of the molecule is Cc1cnc(Cn2c(N)nnc2SCC(=O)O)o1. The molecule has 3 N–H and O–H groups in total. The van der Waals surface area contributed by atoms with E-state index in [1.54, 1.807) is 17.7 Å². The molecule has 0 unspecified atom stereocenters. The number of carboxylic acids is 1. The normalized spacial score (nSPS) is 10.7. The highest BCUT2D eigenvalue weighted by molar-refractivity contribution is 7.99. The number of nitrogen functional groups attached to an aromatic ring is 1. The standard InChI is InChI=1S/C9H11N5O3S/c1-5-2-11-6(17-5)3-14-8(10)12-13-9(14)18-4-7(15)16/h2H,3-4H2,1H3,(H2,10,12)(H,15,16). The number of aromatic nitrogens is 4. The summed E-state index contributed by atoms with van der Waals surface area (Å²) in [4.78, 5) is 14.6. The van der Waals surface area contributed by atoms with Gasteiger partial charge in [-0.05, 0) is 6.92 Å². The van der Waals surface area contributed by atoms with Crippen LogP contribution in [0.25, 0.3) is 0 Å². The van der Waals surface area contributed by atoms with Crippen LogP contribution in [0, 0.1) is 6.92 Å². The van der Waals surface area contributed by atoms with Crippen molar-refractivity contribution in [3.8, 4) is 0 Å². The number of nitrogens with two attached hydrogens (primary N) is 1. The van der Waals surface area contributed by atoms with Crippen LogP contribution < -0.4 is 5.73 Å². The maximum absolute atomic E-state index is 10.5. The average molecular weight is 269 g/mol. The van der Waals surface area contributed by atoms with Crippen LogP contribution in [0.15, 0.2) is 15.8 Å². The van der Waals surface area contributed by atoms with Gasteiger partial charge in [0.1, 0.15) is 12.3 Å². The van der Waals surface area contributed by atoms with Crippen LogP contribution in [0.3, 0.4) is 0 Å². The van der Waals surface area contributed by atoms with Gasteiger partial charge in [-0.2, -0.15) is 0 Å². The second-order valence-electron chi connectivity index (χ2n) is 3.47. The average Bonchev–Trinajstić information content (AvgIpc) is 2.85. The molecule has 0 radical (unpaired) electrons. The van der Waals surface area contributed by atoms with Crippen LogP contribution in [0.4, 0.5) is 5.95 Å². The quantitative estimate of drug-likeness (QED) is 0.747. The van der Waals surface area contributed by atoms with E-state index >= 15 is 0 Å². The number of hydrogen-bond acceptors (Lipinski definition) is 7. The van der Waals surface area contributed by atoms with Gasteiger partial charge in [-0.1, -0.05) is 11.8 Å². The number of thioether (sulfide) groups is 1. The summed E-state index contributed by atoms with van der Waals surface area (Å²) in [5.74, 6) is 0.314. The van der Waals surface area contributed by atoms with Gasteiger partial charge in [-0.15, -0.1) is 10.2 Å². The third-order valence-corrected chi connectivity index (χ3v) is 2.98. The first-order valence-corrected chi connectivity index (χ1v) is 5.99. The molecule has 0 amide bonds. The van der Waals surface area contributed by atoms with E-state index in [9.17, 15) is 4.79 Å². The summed E-state index contributed by atoms with van der Waals surface area (Å²) in [6.45, 7) is 2.06. The fourth-order valence-electron chi connectivity index (χ4n) is 1.29. The molecule has 96 valence electrons. The molecule has 0 bridgehead atoms. The van der Waals surface area contributed by atoms with Crippen LogP contribution in [-0.2, 0) is 11.3 Å². The Balaban J connectivity index is 2.16. The van der Waals surface area contributed by atoms with E-state index < -0.39 is 5.97 Å². The Bertz CT molecular complexity index is 564. The number of nitrogens with zero attached hydrogens (tertiary/aromatic N) is 4. The molecule has 0 saturated carbocycles. The molecule has 2 aromatic rings. The Labute approximate surface area is 106 Å². The summed E-state index contributed by atoms with van der Waals surface area (Å²) in [6.07, 6.45) is 1.60. The summed E-state index contributed by atoms with van der Waals surface area (Å²) in [5, 5.41) is 16.6. The minimum atomic E-state index is -0.930. The molecule has 0 atom stereocenters. The van der Waals surface area contributed by atoms with E-state index in [1.165, 1.54) is 0 Å². The molecular weight excluding hydrogens is 258 g/mol. The molecule has 0 saturated heterocycles. The lowest BCUT2D eigenvalue weighted by Gasteiger charge is -2.03. The predicted octanol–water partition coefficient (Wildman–Crippen LogP) is 0.382. The topological polar surface area (TPSA) is 120 Å². The summed E-state index contributed by atoms with van der Waals surface area (Å²) in [7, 11) is 0. The first kappa shape index (κ1) is 12.4. The van der Waals surface area contributed by atoms with Crippen LogP contribution in [0.5, 0.6) is 0 Å². The largest absolute Gasteiger partial charge is 0.481 e. The van der Waals surface area contributed by atoms with Crippen molar-refractivity contribution in [2.45, 2.75) is 18.6 Å². The van der Waals surface area contributed by atoms with Crippen LogP contribution in [0.1, 0.15) is 11.7 Å². The monoisotopic (exact) mass is 269 g/mol. The number of oxazole rings is 1. The van der Waals surface area contributed by atoms with Gasteiger partial charge in [-0.3, -0.25) is 9.36 Å². The Kier molecular flexibility index (Phi) is 3.51. The molecule has 0 aromatic carbocycles. The highest BCUT2D eigenvalue weighted by atomic mass is 32.2. The second kappa shape index (κ2) is 5.08. The molecule has 0 fully saturated rings. The molecule has 8 nitrogen and oxygen atoms in total. The van der Waals surface area contributed by atoms with Crippen LogP contribution in [0.2, 0.25) is 0 Å². The molecule has 2 heterocycles. The molecular formula is C9H11N5O3S. The molecule has 0 aliphatic carbocycles. The van der Waals surface area contributed by atoms with E-state index in [1.807, 2.05) is 0 Å². The zero-order valence-corrected chi connectivity index (χ0v) is 10.3. The van der Waals surface area contributed by atoms with Crippen LogP contribution in [-0.4, -0.2) is 36.6 Å². The fraction of sp³-hybridized carbons (Fsp3) is 0.333. The number of hydrogen-bond donors (Lipinski definition) is 2. The number of carbonyl (C=O) groups is 1. The summed E-state index contributed by atoms with van der Waals surface area (Å²) in [5.41, 5.74) is 5.66. The van der Waals surface area contributed by atoms with Gasteiger partial charge in [0.05, 0.1) is 11.9 Å². The molecule has 18 heavy (non-hydrogen) atoms. The maximum atomic E-state index is 10.5. The van der Waals surface area contributed by atoms with E-state index in [0.29, 0.717) is 16.8 Å². The van der Waals surface area contributed by atoms with Crippen molar-refractivity contribution in [3.63, 3.8) is 0 Å². The van der Waals surface area contributed by atoms with Gasteiger partial charge >= 0.3 is 5.97 Å². The third kappa shape index (κ3) is 2.80. The third-order valence-electron chi connectivity index (χ3n) is 2.03. The fourth-order valence-corrected chi connectivity index (χ4v) is 1.96. The van der Waals surface area contributed by atoms with E-state index in [-0.39, 0.29) is 18.2 Å². The highest BCUT2D eigenvalue weighted by Gasteiger charge is 2.14. The van der Waals surface area contributed by atoms with Crippen molar-refractivity contribution in [3.05, 3.63) is 17.8 Å². The van der Waals surface area contributed by atoms with E-state index in [2.05, 4.69) is 15.2 Å². The number of anilines is 1. The number of aryl methyl sites for hydroxylation is 1. The maximum Gasteiger partial charge on any atom is 0.313 e. The van der Waals surface area contributed by atoms with Crippen molar-refractivity contribution in [1.82, 2.24) is 19.7 Å². The van der Waals surface area contributed by atoms with Gasteiger partial charge in [0.15, 0.2) is 5.16 Å². The van der Waals surface area contributed by atoms with Gasteiger partial charge in [0.2, 0.25) is 11.8 Å². The number of aliphatic carboxylic acids is 1. The molecule has 0 aliphatic rings. The van der Waals surface area contributed by atoms with Gasteiger partial charge in [0, 0.05) is 0 Å². The minimum absolute atomic E-state index is 0.108. The zero-order valence-electron chi connectivity index (χ0n) is 9.53. The summed E-state index contributed by atoms with van der Waals surface area (Å²) in [6, 6.07) is 0. The lowest BCUT2D eigenvalue weighted by Crippen LogP contribution is -2.07. The first-order chi connectivity index (χ1) is 8.56. The van der Waals surface area contributed by atoms with Gasteiger partial charge in [0.25, 0.3) is 0 Å². The Hall–Kier alpha value is -2.03. The number of rotatable bonds is 5. The Morgan fingerprint density at radius 2 is 2.39 bits per heavy atom. The lowest BCUT2D eigenvalue weighted by molar-refractivity contribution is -0.133. The highest BCUT2D eigenvalue weighted by Crippen LogP contribution is 2.19. The van der Waals surface area contributed by atoms with Crippen molar-refractivity contribution in [2.24, 2.45) is 0 Å². The smallest absolute Gasteiger partial charge is 0.313 e. The molecule has 9 heteroatoms. The summed E-state index contributed by atoms with van der Waals surface area (Å²) < 4.78 is 6.88. The van der Waals surface area contributed by atoms with Crippen molar-refractivity contribution in [1.29, 1.82) is 0 Å². The van der Waals surface area contributed by atoms with E-state index in [0.717, 1.165) is 11.8 Å². The van der Waals surface area contributed by atoms with Crippen molar-refractivity contribution >= 4 is 23.7 Å². The first-order valence-electron chi connectivity index (χ1n) is 5.01. The van der Waals surface area contributed by atoms with Crippen molar-refractivity contribution < 1.29 is 14.3 Å². The molecule has 2 aromatic heterocycles. The van der Waals surface area contributed by atoms with Crippen molar-refractivity contribution in [2.75, 3.05) is 11.5 Å². The summed E-state index contributed by atoms with van der Waals surface area (Å²) >= 11 is 1.04. The molecule has 0 spiro atoms. The zero-order chi connectivity index (χ0) is 13.1. The Morgan fingerprint density at radius 3 is 3.00 bits per heavy atom. The lowest BCUT2D eigenvalue weighted by atomic mass is 10.6.